The number of amides is 1. The van der Waals surface area contributed by atoms with Crippen LogP contribution in [0.5, 0.6) is 0 Å². The quantitative estimate of drug-likeness (QED) is 0.293. The van der Waals surface area contributed by atoms with Gasteiger partial charge in [0, 0.05) is 32.2 Å². The van der Waals surface area contributed by atoms with Crippen molar-refractivity contribution in [3.05, 3.63) is 53.4 Å². The lowest BCUT2D eigenvalue weighted by Gasteiger charge is -2.28. The number of esters is 1. The van der Waals surface area contributed by atoms with Gasteiger partial charge in [-0.15, -0.1) is 11.3 Å². The fraction of sp³-hybridized carbons (Fsp3) is 0.480. The van der Waals surface area contributed by atoms with Crippen LogP contribution in [0.4, 0.5) is 11.4 Å². The number of hydrogen-bond donors (Lipinski definition) is 0. The van der Waals surface area contributed by atoms with Gasteiger partial charge in [-0.2, -0.15) is 0 Å². The molecule has 2 aliphatic heterocycles. The second kappa shape index (κ2) is 12.2. The van der Waals surface area contributed by atoms with Crippen LogP contribution in [-0.4, -0.2) is 72.3 Å². The smallest absolute Gasteiger partial charge is 0.333 e. The molecule has 1 aromatic carbocycles. The molecule has 2 aromatic rings. The van der Waals surface area contributed by atoms with Crippen molar-refractivity contribution in [2.24, 2.45) is 0 Å². The van der Waals surface area contributed by atoms with Gasteiger partial charge in [-0.25, -0.2) is 4.79 Å². The number of nitrogens with zero attached hydrogens (tertiary/aromatic N) is 4. The van der Waals surface area contributed by atoms with Gasteiger partial charge in [0.2, 0.25) is 5.91 Å². The number of rotatable bonds is 7. The molecule has 3 heterocycles. The fourth-order valence-corrected chi connectivity index (χ4v) is 5.49. The zero-order chi connectivity index (χ0) is 26.4. The van der Waals surface area contributed by atoms with Crippen molar-refractivity contribution < 1.29 is 24.0 Å². The molecule has 0 saturated carbocycles. The van der Waals surface area contributed by atoms with Crippen LogP contribution >= 0.6 is 11.3 Å². The largest absolute Gasteiger partial charge is 0.463 e. The molecule has 12 heteroatoms. The van der Waals surface area contributed by atoms with Crippen molar-refractivity contribution in [1.82, 2.24) is 9.47 Å². The van der Waals surface area contributed by atoms with E-state index in [-0.39, 0.29) is 33.9 Å². The van der Waals surface area contributed by atoms with E-state index >= 15 is 0 Å². The molecular formula is C25H30N4O7S. The third kappa shape index (κ3) is 6.44. The van der Waals surface area contributed by atoms with E-state index in [1.54, 1.807) is 30.0 Å². The van der Waals surface area contributed by atoms with Gasteiger partial charge in [0.05, 0.1) is 35.4 Å². The average Bonchev–Trinajstić information content (AvgIpc) is 3.18. The van der Waals surface area contributed by atoms with Crippen LogP contribution in [0, 0.1) is 10.1 Å². The number of benzene rings is 1. The molecule has 1 amide bonds. The Morgan fingerprint density at radius 1 is 1.16 bits per heavy atom. The summed E-state index contributed by atoms with van der Waals surface area (Å²) >= 11 is 1.03. The molecule has 0 radical (unpaired) electrons. The maximum atomic E-state index is 13.3. The number of carbonyl (C=O) groups is 2. The number of thiazole rings is 1. The molecule has 2 aliphatic rings. The Hall–Kier alpha value is -3.51. The number of morpholine rings is 1. The third-order valence-electron chi connectivity index (χ3n) is 6.31. The third-order valence-corrected chi connectivity index (χ3v) is 7.37. The molecule has 0 N–H and O–H groups in total. The number of piperidine rings is 1. The van der Waals surface area contributed by atoms with Gasteiger partial charge >= 0.3 is 5.97 Å². The van der Waals surface area contributed by atoms with Crippen molar-refractivity contribution in [3.8, 4) is 0 Å². The summed E-state index contributed by atoms with van der Waals surface area (Å²) in [7, 11) is 0. The first-order valence-electron chi connectivity index (χ1n) is 12.4. The first-order chi connectivity index (χ1) is 17.9. The molecule has 4 rings (SSSR count). The highest BCUT2D eigenvalue weighted by Gasteiger charge is 2.22. The standard InChI is InChI=1S/C25H30N4O7S/c1-2-36-24(31)16-23-28(17-22(30)27-10-12-35-13-11-27)25(32)21(37-23)15-18-6-7-19(20(14-18)29(33)34)26-8-4-3-5-9-26/h6-7,14-16H,2-5,8-13,17H2,1H3/b21-15+,23-16-. The monoisotopic (exact) mass is 530 g/mol. The number of anilines is 1. The number of carbonyl (C=O) groups excluding carboxylic acids is 2. The maximum absolute atomic E-state index is 13.3. The van der Waals surface area contributed by atoms with Crippen molar-refractivity contribution in [2.75, 3.05) is 50.9 Å². The van der Waals surface area contributed by atoms with Gasteiger partial charge in [-0.05, 0) is 43.9 Å². The van der Waals surface area contributed by atoms with Crippen LogP contribution in [0.2, 0.25) is 0 Å². The van der Waals surface area contributed by atoms with E-state index in [1.807, 2.05) is 4.90 Å². The summed E-state index contributed by atoms with van der Waals surface area (Å²) in [5.41, 5.74) is 0.580. The second-order valence-electron chi connectivity index (χ2n) is 8.78. The van der Waals surface area contributed by atoms with E-state index < -0.39 is 16.5 Å². The highest BCUT2D eigenvalue weighted by Crippen LogP contribution is 2.31. The summed E-state index contributed by atoms with van der Waals surface area (Å²) in [6.45, 7) is 4.87. The molecule has 1 aromatic heterocycles. The molecule has 0 aliphatic carbocycles. The molecule has 0 unspecified atom stereocenters. The molecule has 11 nitrogen and oxygen atoms in total. The highest BCUT2D eigenvalue weighted by atomic mass is 32.1. The number of aromatic nitrogens is 1. The van der Waals surface area contributed by atoms with E-state index in [9.17, 15) is 24.5 Å². The zero-order valence-electron chi connectivity index (χ0n) is 20.7. The van der Waals surface area contributed by atoms with Gasteiger partial charge in [0.25, 0.3) is 11.2 Å². The van der Waals surface area contributed by atoms with Crippen molar-refractivity contribution in [2.45, 2.75) is 32.7 Å². The van der Waals surface area contributed by atoms with Crippen LogP contribution in [0.15, 0.2) is 23.0 Å². The minimum atomic E-state index is -0.621. The van der Waals surface area contributed by atoms with Gasteiger partial charge in [-0.3, -0.25) is 24.3 Å². The van der Waals surface area contributed by atoms with Crippen LogP contribution in [-0.2, 0) is 25.6 Å². The van der Waals surface area contributed by atoms with E-state index in [0.29, 0.717) is 37.6 Å². The predicted molar refractivity (Wildman–Crippen MR) is 139 cm³/mol. The van der Waals surface area contributed by atoms with Gasteiger partial charge in [0.15, 0.2) is 0 Å². The molecule has 198 valence electrons. The van der Waals surface area contributed by atoms with E-state index in [4.69, 9.17) is 9.47 Å². The Bertz CT molecular complexity index is 1340. The molecule has 37 heavy (non-hydrogen) atoms. The summed E-state index contributed by atoms with van der Waals surface area (Å²) in [6, 6.07) is 4.92. The minimum Gasteiger partial charge on any atom is -0.463 e. The summed E-state index contributed by atoms with van der Waals surface area (Å²) in [5.74, 6) is -0.876. The summed E-state index contributed by atoms with van der Waals surface area (Å²) in [6.07, 6.45) is 5.84. The Labute approximate surface area is 217 Å². The Morgan fingerprint density at radius 3 is 2.57 bits per heavy atom. The molecule has 2 saturated heterocycles. The Morgan fingerprint density at radius 2 is 1.89 bits per heavy atom. The first-order valence-corrected chi connectivity index (χ1v) is 13.2. The molecule has 0 spiro atoms. The predicted octanol–water partition coefficient (Wildman–Crippen LogP) is 0.840. The van der Waals surface area contributed by atoms with E-state index in [2.05, 4.69) is 0 Å². The highest BCUT2D eigenvalue weighted by molar-refractivity contribution is 7.07. The number of hydrogen-bond acceptors (Lipinski definition) is 9. The lowest BCUT2D eigenvalue weighted by atomic mass is 10.1. The van der Waals surface area contributed by atoms with Crippen LogP contribution in [0.3, 0.4) is 0 Å². The van der Waals surface area contributed by atoms with Crippen molar-refractivity contribution in [3.63, 3.8) is 0 Å². The molecule has 0 atom stereocenters. The lowest BCUT2D eigenvalue weighted by molar-refractivity contribution is -0.384. The molecular weight excluding hydrogens is 500 g/mol. The zero-order valence-corrected chi connectivity index (χ0v) is 21.5. The van der Waals surface area contributed by atoms with Gasteiger partial charge in [0.1, 0.15) is 16.9 Å². The number of nitro benzene ring substituents is 1. The first kappa shape index (κ1) is 26.6. The summed E-state index contributed by atoms with van der Waals surface area (Å²) < 4.78 is 12.1. The van der Waals surface area contributed by atoms with Crippen LogP contribution in [0.1, 0.15) is 31.7 Å². The SMILES string of the molecule is CCOC(=O)/C=c1\s/c(=C/c2ccc(N3CCCCC3)c([N+](=O)[O-])c2)c(=O)n1CC(=O)N1CCOCC1. The number of ether oxygens (including phenoxy) is 2. The van der Waals surface area contributed by atoms with Crippen LogP contribution < -0.4 is 19.7 Å². The fourth-order valence-electron chi connectivity index (χ4n) is 4.46. The number of nitro groups is 1. The van der Waals surface area contributed by atoms with Gasteiger partial charge in [-0.1, -0.05) is 6.07 Å². The lowest BCUT2D eigenvalue weighted by Crippen LogP contribution is -2.45. The molecule has 2 fully saturated rings. The van der Waals surface area contributed by atoms with Gasteiger partial charge < -0.3 is 19.3 Å². The second-order valence-corrected chi connectivity index (χ2v) is 9.84. The Kier molecular flexibility index (Phi) is 8.72. The van der Waals surface area contributed by atoms with Crippen molar-refractivity contribution >= 4 is 46.7 Å². The normalized spacial score (nSPS) is 17.2. The van der Waals surface area contributed by atoms with E-state index in [1.165, 1.54) is 16.7 Å². The maximum Gasteiger partial charge on any atom is 0.333 e. The summed E-state index contributed by atoms with van der Waals surface area (Å²) in [4.78, 5) is 53.4. The summed E-state index contributed by atoms with van der Waals surface area (Å²) in [5, 5.41) is 11.8. The molecule has 0 bridgehead atoms. The Balaban J connectivity index is 1.73. The average molecular weight is 531 g/mol. The van der Waals surface area contributed by atoms with E-state index in [0.717, 1.165) is 43.7 Å². The van der Waals surface area contributed by atoms with Crippen molar-refractivity contribution in [1.29, 1.82) is 0 Å². The van der Waals surface area contributed by atoms with Crippen LogP contribution in [0.25, 0.3) is 12.2 Å². The topological polar surface area (TPSA) is 124 Å². The minimum absolute atomic E-state index is 0.0201.